The predicted octanol–water partition coefficient (Wildman–Crippen LogP) is 3.46. The molecule has 0 N–H and O–H groups in total. The molecule has 94 valence electrons. The third-order valence-corrected chi connectivity index (χ3v) is 4.66. The van der Waals surface area contributed by atoms with Crippen LogP contribution < -0.4 is 0 Å². The monoisotopic (exact) mass is 252 g/mol. The highest BCUT2D eigenvalue weighted by atomic mass is 32.1. The average Bonchev–Trinajstić information content (AvgIpc) is 2.83. The van der Waals surface area contributed by atoms with Crippen LogP contribution in [0.3, 0.4) is 0 Å². The zero-order chi connectivity index (χ0) is 12.3. The minimum absolute atomic E-state index is 0.255. The zero-order valence-electron chi connectivity index (χ0n) is 10.6. The Balaban J connectivity index is 2.05. The van der Waals surface area contributed by atoms with Crippen LogP contribution in [0.4, 0.5) is 0 Å². The van der Waals surface area contributed by atoms with Crippen LogP contribution in [0.15, 0.2) is 16.8 Å². The van der Waals surface area contributed by atoms with Gasteiger partial charge in [-0.15, -0.1) is 0 Å². The van der Waals surface area contributed by atoms with Gasteiger partial charge in [-0.05, 0) is 54.0 Å². The molecule has 0 atom stereocenters. The summed E-state index contributed by atoms with van der Waals surface area (Å²) < 4.78 is 5.59. The average molecular weight is 252 g/mol. The van der Waals surface area contributed by atoms with Gasteiger partial charge in [-0.25, -0.2) is 0 Å². The molecule has 1 fully saturated rings. The molecule has 1 aliphatic rings. The van der Waals surface area contributed by atoms with Crippen LogP contribution in [-0.4, -0.2) is 18.5 Å². The molecule has 1 aromatic rings. The number of hydrogen-bond donors (Lipinski definition) is 0. The van der Waals surface area contributed by atoms with Gasteiger partial charge in [0.25, 0.3) is 0 Å². The van der Waals surface area contributed by atoms with Crippen molar-refractivity contribution >= 4 is 17.1 Å². The molecule has 0 aromatic carbocycles. The molecule has 0 saturated heterocycles. The molecule has 0 aliphatic heterocycles. The predicted molar refractivity (Wildman–Crippen MR) is 70.4 cm³/mol. The Morgan fingerprint density at radius 2 is 2.24 bits per heavy atom. The fourth-order valence-electron chi connectivity index (χ4n) is 2.56. The maximum absolute atomic E-state index is 12.4. The van der Waals surface area contributed by atoms with Crippen molar-refractivity contribution in [2.75, 3.05) is 7.11 Å². The van der Waals surface area contributed by atoms with Crippen LogP contribution in [0.1, 0.15) is 38.2 Å². The minimum Gasteiger partial charge on any atom is -0.370 e. The number of carbonyl (C=O) groups is 1. The summed E-state index contributed by atoms with van der Waals surface area (Å²) >= 11 is 1.64. The summed E-state index contributed by atoms with van der Waals surface area (Å²) in [5.74, 6) is 0.984. The van der Waals surface area contributed by atoms with Crippen LogP contribution in [0, 0.1) is 5.92 Å². The fourth-order valence-corrected chi connectivity index (χ4v) is 3.23. The van der Waals surface area contributed by atoms with Gasteiger partial charge in [0.05, 0.1) is 0 Å². The Kier molecular flexibility index (Phi) is 4.00. The first-order valence-electron chi connectivity index (χ1n) is 6.26. The Labute approximate surface area is 107 Å². The summed E-state index contributed by atoms with van der Waals surface area (Å²) in [4.78, 5) is 12.4. The van der Waals surface area contributed by atoms with E-state index in [0.717, 1.165) is 37.2 Å². The molecule has 17 heavy (non-hydrogen) atoms. The van der Waals surface area contributed by atoms with E-state index in [-0.39, 0.29) is 5.78 Å². The number of hydrogen-bond acceptors (Lipinski definition) is 3. The van der Waals surface area contributed by atoms with Gasteiger partial charge in [0.15, 0.2) is 5.78 Å². The van der Waals surface area contributed by atoms with Crippen molar-refractivity contribution < 1.29 is 9.53 Å². The lowest BCUT2D eigenvalue weighted by atomic mass is 9.76. The highest BCUT2D eigenvalue weighted by Crippen LogP contribution is 2.35. The molecule has 0 amide bonds. The Bertz CT molecular complexity index is 362. The standard InChI is InChI=1S/C14H20O2S/c1-11-3-6-14(16-2,7-4-11)13(15)9-12-5-8-17-10-12/h5,8,10-11H,3-4,6-7,9H2,1-2H3. The third kappa shape index (κ3) is 2.78. The summed E-state index contributed by atoms with van der Waals surface area (Å²) in [5.41, 5.74) is 0.615. The van der Waals surface area contributed by atoms with Crippen LogP contribution in [-0.2, 0) is 16.0 Å². The van der Waals surface area contributed by atoms with Crippen LogP contribution >= 0.6 is 11.3 Å². The van der Waals surface area contributed by atoms with Gasteiger partial charge < -0.3 is 4.74 Å². The largest absolute Gasteiger partial charge is 0.370 e. The lowest BCUT2D eigenvalue weighted by Crippen LogP contribution is -2.44. The summed E-state index contributed by atoms with van der Waals surface area (Å²) in [6.07, 6.45) is 4.49. The molecule has 1 saturated carbocycles. The van der Waals surface area contributed by atoms with Gasteiger partial charge in [-0.2, -0.15) is 11.3 Å². The first-order valence-corrected chi connectivity index (χ1v) is 7.20. The van der Waals surface area contributed by atoms with Crippen molar-refractivity contribution in [3.05, 3.63) is 22.4 Å². The number of thiophene rings is 1. The van der Waals surface area contributed by atoms with Gasteiger partial charge in [0.1, 0.15) is 5.60 Å². The molecular formula is C14H20O2S. The lowest BCUT2D eigenvalue weighted by molar-refractivity contribution is -0.145. The quantitative estimate of drug-likeness (QED) is 0.820. The molecular weight excluding hydrogens is 232 g/mol. The Hall–Kier alpha value is -0.670. The van der Waals surface area contributed by atoms with Crippen molar-refractivity contribution in [1.29, 1.82) is 0 Å². The SMILES string of the molecule is COC1(C(=O)Cc2ccsc2)CCC(C)CC1. The summed E-state index contributed by atoms with van der Waals surface area (Å²) in [6, 6.07) is 2.03. The van der Waals surface area contributed by atoms with Crippen molar-refractivity contribution in [3.63, 3.8) is 0 Å². The summed E-state index contributed by atoms with van der Waals surface area (Å²) in [7, 11) is 1.68. The third-order valence-electron chi connectivity index (χ3n) is 3.93. The van der Waals surface area contributed by atoms with Crippen molar-refractivity contribution in [1.82, 2.24) is 0 Å². The second-order valence-electron chi connectivity index (χ2n) is 5.11. The molecule has 0 bridgehead atoms. The van der Waals surface area contributed by atoms with E-state index in [2.05, 4.69) is 6.92 Å². The van der Waals surface area contributed by atoms with E-state index in [0.29, 0.717) is 6.42 Å². The van der Waals surface area contributed by atoms with E-state index >= 15 is 0 Å². The van der Waals surface area contributed by atoms with Crippen molar-refractivity contribution in [3.8, 4) is 0 Å². The highest BCUT2D eigenvalue weighted by Gasteiger charge is 2.40. The number of methoxy groups -OCH3 is 1. The molecule has 1 aromatic heterocycles. The smallest absolute Gasteiger partial charge is 0.168 e. The second-order valence-corrected chi connectivity index (χ2v) is 5.89. The van der Waals surface area contributed by atoms with Crippen LogP contribution in [0.25, 0.3) is 0 Å². The van der Waals surface area contributed by atoms with E-state index < -0.39 is 5.60 Å². The molecule has 2 rings (SSSR count). The van der Waals surface area contributed by atoms with E-state index in [4.69, 9.17) is 4.74 Å². The summed E-state index contributed by atoms with van der Waals surface area (Å²) in [5, 5.41) is 4.07. The number of ether oxygens (including phenoxy) is 1. The first kappa shape index (κ1) is 12.8. The fraction of sp³-hybridized carbons (Fsp3) is 0.643. The lowest BCUT2D eigenvalue weighted by Gasteiger charge is -2.36. The van der Waals surface area contributed by atoms with Crippen LogP contribution in [0.5, 0.6) is 0 Å². The van der Waals surface area contributed by atoms with Gasteiger partial charge in [0, 0.05) is 13.5 Å². The van der Waals surface area contributed by atoms with Gasteiger partial charge in [0.2, 0.25) is 0 Å². The van der Waals surface area contributed by atoms with E-state index in [1.165, 1.54) is 0 Å². The maximum Gasteiger partial charge on any atom is 0.168 e. The number of Topliss-reactive ketones (excluding diaryl/α,β-unsaturated/α-hetero) is 1. The number of carbonyl (C=O) groups excluding carboxylic acids is 1. The molecule has 0 radical (unpaired) electrons. The minimum atomic E-state index is -0.506. The zero-order valence-corrected chi connectivity index (χ0v) is 11.4. The summed E-state index contributed by atoms with van der Waals surface area (Å²) in [6.45, 7) is 2.25. The number of ketones is 1. The van der Waals surface area contributed by atoms with E-state index in [1.54, 1.807) is 18.4 Å². The van der Waals surface area contributed by atoms with E-state index in [1.807, 2.05) is 16.8 Å². The maximum atomic E-state index is 12.4. The second kappa shape index (κ2) is 5.32. The van der Waals surface area contributed by atoms with Gasteiger partial charge in [-0.3, -0.25) is 4.79 Å². The molecule has 2 nitrogen and oxygen atoms in total. The van der Waals surface area contributed by atoms with Gasteiger partial charge >= 0.3 is 0 Å². The molecule has 0 unspecified atom stereocenters. The molecule has 1 heterocycles. The first-order chi connectivity index (χ1) is 8.16. The number of rotatable bonds is 4. The van der Waals surface area contributed by atoms with E-state index in [9.17, 15) is 4.79 Å². The van der Waals surface area contributed by atoms with Gasteiger partial charge in [-0.1, -0.05) is 6.92 Å². The molecule has 3 heteroatoms. The Morgan fingerprint density at radius 3 is 2.76 bits per heavy atom. The molecule has 1 aliphatic carbocycles. The van der Waals surface area contributed by atoms with Crippen molar-refractivity contribution in [2.24, 2.45) is 5.92 Å². The normalized spacial score (nSPS) is 29.2. The van der Waals surface area contributed by atoms with Crippen LogP contribution in [0.2, 0.25) is 0 Å². The van der Waals surface area contributed by atoms with Crippen molar-refractivity contribution in [2.45, 2.75) is 44.6 Å². The highest BCUT2D eigenvalue weighted by molar-refractivity contribution is 7.08. The molecule has 0 spiro atoms. The Morgan fingerprint density at radius 1 is 1.53 bits per heavy atom. The topological polar surface area (TPSA) is 26.3 Å².